The average Bonchev–Trinajstić information content (AvgIpc) is 2.67. The molecule has 2 aliphatic rings. The Bertz CT molecular complexity index is 898. The number of piperazine rings is 1. The van der Waals surface area contributed by atoms with E-state index in [-0.39, 0.29) is 37.4 Å². The van der Waals surface area contributed by atoms with Gasteiger partial charge in [0.25, 0.3) is 0 Å². The quantitative estimate of drug-likeness (QED) is 0.742. The number of carbonyl (C=O) groups is 2. The highest BCUT2D eigenvalue weighted by Crippen LogP contribution is 2.28. The normalized spacial score (nSPS) is 24.5. The first-order valence-corrected chi connectivity index (χ1v) is 12.8. The number of hydrogen-bond acceptors (Lipinski definition) is 4. The maximum atomic E-state index is 13.5. The lowest BCUT2D eigenvalue weighted by atomic mass is 9.92. The minimum atomic E-state index is -3.65. The van der Waals surface area contributed by atoms with E-state index in [1.54, 1.807) is 19.1 Å². The van der Waals surface area contributed by atoms with E-state index in [1.807, 2.05) is 0 Å². The van der Waals surface area contributed by atoms with Crippen LogP contribution in [0.25, 0.3) is 0 Å². The monoisotopic (exact) mass is 453 g/mol. The van der Waals surface area contributed by atoms with Crippen LogP contribution in [0.3, 0.4) is 0 Å². The zero-order chi connectivity index (χ0) is 22.6. The van der Waals surface area contributed by atoms with Crippen molar-refractivity contribution in [2.45, 2.75) is 70.0 Å². The van der Waals surface area contributed by atoms with Crippen LogP contribution in [-0.4, -0.2) is 60.4 Å². The number of nitrogens with one attached hydrogen (secondary N) is 1. The Labute approximate surface area is 184 Å². The van der Waals surface area contributed by atoms with Crippen molar-refractivity contribution in [3.05, 3.63) is 35.6 Å². The Kier molecular flexibility index (Phi) is 7.36. The van der Waals surface area contributed by atoms with E-state index in [4.69, 9.17) is 0 Å². The second-order valence-electron chi connectivity index (χ2n) is 8.93. The number of rotatable bonds is 5. The molecule has 1 aromatic rings. The maximum absolute atomic E-state index is 13.5. The summed E-state index contributed by atoms with van der Waals surface area (Å²) in [4.78, 5) is 27.9. The molecule has 172 valence electrons. The highest BCUT2D eigenvalue weighted by Gasteiger charge is 2.49. The van der Waals surface area contributed by atoms with Crippen molar-refractivity contribution in [2.75, 3.05) is 19.3 Å². The van der Waals surface area contributed by atoms with Gasteiger partial charge in [0.2, 0.25) is 21.8 Å². The highest BCUT2D eigenvalue weighted by molar-refractivity contribution is 7.88. The van der Waals surface area contributed by atoms with Crippen molar-refractivity contribution in [1.82, 2.24) is 14.5 Å². The predicted molar refractivity (Wildman–Crippen MR) is 116 cm³/mol. The summed E-state index contributed by atoms with van der Waals surface area (Å²) in [5.41, 5.74) is -0.692. The van der Waals surface area contributed by atoms with Gasteiger partial charge in [-0.25, -0.2) is 12.8 Å². The van der Waals surface area contributed by atoms with Crippen LogP contribution in [0.4, 0.5) is 4.39 Å². The highest BCUT2D eigenvalue weighted by atomic mass is 32.2. The van der Waals surface area contributed by atoms with Crippen LogP contribution in [0.1, 0.15) is 57.4 Å². The number of benzene rings is 1. The molecule has 1 saturated heterocycles. The molecule has 7 nitrogen and oxygen atoms in total. The zero-order valence-corrected chi connectivity index (χ0v) is 19.1. The molecule has 1 saturated carbocycles. The summed E-state index contributed by atoms with van der Waals surface area (Å²) in [7, 11) is -3.65. The first kappa shape index (κ1) is 23.7. The molecule has 1 aliphatic heterocycles. The van der Waals surface area contributed by atoms with Gasteiger partial charge in [-0.2, -0.15) is 4.31 Å². The molecule has 1 N–H and O–H groups in total. The Morgan fingerprint density at radius 3 is 2.29 bits per heavy atom. The number of hydrogen-bond donors (Lipinski definition) is 1. The van der Waals surface area contributed by atoms with E-state index >= 15 is 0 Å². The minimum Gasteiger partial charge on any atom is -0.351 e. The lowest BCUT2D eigenvalue weighted by molar-refractivity contribution is -0.154. The molecule has 2 fully saturated rings. The van der Waals surface area contributed by atoms with Gasteiger partial charge >= 0.3 is 0 Å². The van der Waals surface area contributed by atoms with Crippen molar-refractivity contribution >= 4 is 21.8 Å². The summed E-state index contributed by atoms with van der Waals surface area (Å²) in [6.07, 6.45) is 8.36. The van der Waals surface area contributed by atoms with Gasteiger partial charge in [0.15, 0.2) is 0 Å². The molecule has 3 rings (SSSR count). The predicted octanol–water partition coefficient (Wildman–Crippen LogP) is 2.42. The average molecular weight is 454 g/mol. The molecule has 2 amide bonds. The summed E-state index contributed by atoms with van der Waals surface area (Å²) in [6.45, 7) is 1.29. The van der Waals surface area contributed by atoms with Gasteiger partial charge in [0, 0.05) is 19.1 Å². The van der Waals surface area contributed by atoms with E-state index < -0.39 is 21.5 Å². The number of nitrogens with zero attached hydrogens (tertiary/aromatic N) is 2. The third-order valence-electron chi connectivity index (χ3n) is 6.35. The van der Waals surface area contributed by atoms with E-state index in [1.165, 1.54) is 23.5 Å². The third-order valence-corrected chi connectivity index (χ3v) is 7.54. The Hall–Kier alpha value is -2.00. The molecule has 1 heterocycles. The lowest BCUT2D eigenvalue weighted by Crippen LogP contribution is -2.69. The summed E-state index contributed by atoms with van der Waals surface area (Å²) in [6, 6.07) is 5.76. The smallest absolute Gasteiger partial charge is 0.247 e. The van der Waals surface area contributed by atoms with E-state index in [9.17, 15) is 22.4 Å². The van der Waals surface area contributed by atoms with Gasteiger partial charge in [-0.15, -0.1) is 0 Å². The van der Waals surface area contributed by atoms with Gasteiger partial charge < -0.3 is 10.2 Å². The Morgan fingerprint density at radius 1 is 1.13 bits per heavy atom. The van der Waals surface area contributed by atoms with Crippen molar-refractivity contribution in [3.8, 4) is 0 Å². The number of amides is 2. The molecule has 1 aromatic carbocycles. The standard InChI is InChI=1S/C22H32FN3O4S/c1-22(21(28)24-19-8-6-4-3-5-7-9-19)16-25(31(2,29)30)15-20(27)26(22)14-17-10-12-18(23)13-11-17/h10-13,19H,3-9,14-16H2,1-2H3,(H,24,28)/t22-/m0/s1. The van der Waals surface area contributed by atoms with Crippen LogP contribution in [0.15, 0.2) is 24.3 Å². The van der Waals surface area contributed by atoms with Crippen LogP contribution in [0, 0.1) is 5.82 Å². The van der Waals surface area contributed by atoms with Crippen molar-refractivity contribution in [2.24, 2.45) is 0 Å². The van der Waals surface area contributed by atoms with Crippen molar-refractivity contribution in [3.63, 3.8) is 0 Å². The Morgan fingerprint density at radius 2 is 1.71 bits per heavy atom. The minimum absolute atomic E-state index is 0.0148. The van der Waals surface area contributed by atoms with Crippen LogP contribution in [-0.2, 0) is 26.2 Å². The van der Waals surface area contributed by atoms with Gasteiger partial charge in [0.1, 0.15) is 11.4 Å². The second-order valence-corrected chi connectivity index (χ2v) is 10.9. The first-order chi connectivity index (χ1) is 14.6. The van der Waals surface area contributed by atoms with Crippen LogP contribution >= 0.6 is 0 Å². The van der Waals surface area contributed by atoms with Crippen LogP contribution in [0.5, 0.6) is 0 Å². The van der Waals surface area contributed by atoms with Gasteiger partial charge in [-0.1, -0.05) is 44.2 Å². The zero-order valence-electron chi connectivity index (χ0n) is 18.3. The molecule has 0 unspecified atom stereocenters. The van der Waals surface area contributed by atoms with Crippen molar-refractivity contribution < 1.29 is 22.4 Å². The van der Waals surface area contributed by atoms with Gasteiger partial charge in [-0.05, 0) is 37.5 Å². The molecular weight excluding hydrogens is 421 g/mol. The van der Waals surface area contributed by atoms with E-state index in [0.717, 1.165) is 49.1 Å². The largest absolute Gasteiger partial charge is 0.351 e. The fourth-order valence-electron chi connectivity index (χ4n) is 4.40. The molecule has 0 bridgehead atoms. The van der Waals surface area contributed by atoms with Crippen LogP contribution < -0.4 is 5.32 Å². The van der Waals surface area contributed by atoms with Crippen molar-refractivity contribution in [1.29, 1.82) is 0 Å². The number of halogens is 1. The molecule has 9 heteroatoms. The maximum Gasteiger partial charge on any atom is 0.247 e. The molecule has 0 spiro atoms. The molecular formula is C22H32FN3O4S. The number of carbonyl (C=O) groups excluding carboxylic acids is 2. The lowest BCUT2D eigenvalue weighted by Gasteiger charge is -2.47. The Balaban J connectivity index is 1.86. The summed E-state index contributed by atoms with van der Waals surface area (Å²) >= 11 is 0. The molecule has 0 aromatic heterocycles. The first-order valence-electron chi connectivity index (χ1n) is 10.9. The molecule has 1 aliphatic carbocycles. The summed E-state index contributed by atoms with van der Waals surface area (Å²) in [5, 5.41) is 3.10. The fraction of sp³-hybridized carbons (Fsp3) is 0.636. The fourth-order valence-corrected chi connectivity index (χ4v) is 5.23. The van der Waals surface area contributed by atoms with Crippen LogP contribution in [0.2, 0.25) is 0 Å². The second kappa shape index (κ2) is 9.65. The van der Waals surface area contributed by atoms with Gasteiger partial charge in [-0.3, -0.25) is 9.59 Å². The third kappa shape index (κ3) is 5.83. The van der Waals surface area contributed by atoms with Gasteiger partial charge in [0.05, 0.1) is 12.8 Å². The SMILES string of the molecule is C[C@@]1(C(=O)NC2CCCCCCC2)CN(S(C)(=O)=O)CC(=O)N1Cc1ccc(F)cc1. The molecule has 0 radical (unpaired) electrons. The number of sulfonamides is 1. The summed E-state index contributed by atoms with van der Waals surface area (Å²) < 4.78 is 38.8. The topological polar surface area (TPSA) is 86.8 Å². The molecule has 1 atom stereocenters. The van der Waals surface area contributed by atoms with E-state index in [2.05, 4.69) is 5.32 Å². The van der Waals surface area contributed by atoms with E-state index in [0.29, 0.717) is 5.56 Å². The summed E-state index contributed by atoms with van der Waals surface area (Å²) in [5.74, 6) is -1.18. The molecule has 31 heavy (non-hydrogen) atoms.